The highest BCUT2D eigenvalue weighted by Gasteiger charge is 2.42. The minimum atomic E-state index is -0.0258. The van der Waals surface area contributed by atoms with E-state index in [0.29, 0.717) is 0 Å². The van der Waals surface area contributed by atoms with Crippen LogP contribution in [-0.2, 0) is 23.3 Å². The second-order valence-corrected chi connectivity index (χ2v) is 5.45. The summed E-state index contributed by atoms with van der Waals surface area (Å²) in [5.74, 6) is 0. The fraction of sp³-hybridized carbons (Fsp3) is 0.727. The molecule has 4 heteroatoms. The molecule has 0 amide bonds. The van der Waals surface area contributed by atoms with Crippen LogP contribution in [0.3, 0.4) is 0 Å². The molecule has 0 atom stereocenters. The Labute approximate surface area is 93.9 Å². The summed E-state index contributed by atoms with van der Waals surface area (Å²) in [6.45, 7) is 2.06. The van der Waals surface area contributed by atoms with Crippen LogP contribution in [-0.4, -0.2) is 18.6 Å². The molecule has 0 bridgehead atoms. The predicted octanol–water partition coefficient (Wildman–Crippen LogP) is 1.81. The van der Waals surface area contributed by atoms with Crippen LogP contribution >= 0.6 is 11.3 Å². The standard InChI is InChI=1S/C11H16N2OS/c1-14-11(4-2-5-11)10-13-8-3-6-12-7-9(8)15-10/h12H,2-7H2,1H3. The van der Waals surface area contributed by atoms with Crippen LogP contribution in [0.4, 0.5) is 0 Å². The minimum absolute atomic E-state index is 0.0258. The highest BCUT2D eigenvalue weighted by Crippen LogP contribution is 2.46. The molecule has 0 saturated heterocycles. The van der Waals surface area contributed by atoms with Crippen LogP contribution in [0.25, 0.3) is 0 Å². The van der Waals surface area contributed by atoms with Crippen molar-refractivity contribution >= 4 is 11.3 Å². The molecule has 3 nitrogen and oxygen atoms in total. The van der Waals surface area contributed by atoms with E-state index in [0.717, 1.165) is 32.4 Å². The highest BCUT2D eigenvalue weighted by molar-refractivity contribution is 7.11. The van der Waals surface area contributed by atoms with Crippen LogP contribution < -0.4 is 5.32 Å². The van der Waals surface area contributed by atoms with Crippen LogP contribution in [0.2, 0.25) is 0 Å². The van der Waals surface area contributed by atoms with Gasteiger partial charge in [-0.2, -0.15) is 0 Å². The molecular weight excluding hydrogens is 208 g/mol. The Kier molecular flexibility index (Phi) is 2.30. The van der Waals surface area contributed by atoms with E-state index in [1.807, 2.05) is 18.4 Å². The van der Waals surface area contributed by atoms with Crippen molar-refractivity contribution in [3.8, 4) is 0 Å². The van der Waals surface area contributed by atoms with Gasteiger partial charge in [0.05, 0.1) is 5.69 Å². The van der Waals surface area contributed by atoms with E-state index >= 15 is 0 Å². The van der Waals surface area contributed by atoms with Crippen molar-refractivity contribution < 1.29 is 4.74 Å². The summed E-state index contributed by atoms with van der Waals surface area (Å²) in [4.78, 5) is 6.19. The van der Waals surface area contributed by atoms with Gasteiger partial charge in [-0.25, -0.2) is 4.98 Å². The fourth-order valence-corrected chi connectivity index (χ4v) is 3.63. The van der Waals surface area contributed by atoms with Gasteiger partial charge >= 0.3 is 0 Å². The maximum atomic E-state index is 5.67. The molecule has 3 rings (SSSR count). The van der Waals surface area contributed by atoms with E-state index in [1.54, 1.807) is 0 Å². The van der Waals surface area contributed by atoms with Crippen molar-refractivity contribution in [1.29, 1.82) is 0 Å². The Bertz CT molecular complexity index is 342. The van der Waals surface area contributed by atoms with Crippen LogP contribution in [0.1, 0.15) is 34.8 Å². The monoisotopic (exact) mass is 224 g/mol. The summed E-state index contributed by atoms with van der Waals surface area (Å²) in [5.41, 5.74) is 1.28. The third-order valence-electron chi connectivity index (χ3n) is 3.54. The average molecular weight is 224 g/mol. The number of hydrogen-bond acceptors (Lipinski definition) is 4. The Morgan fingerprint density at radius 1 is 1.47 bits per heavy atom. The van der Waals surface area contributed by atoms with Crippen LogP contribution in [0.15, 0.2) is 0 Å². The highest BCUT2D eigenvalue weighted by atomic mass is 32.1. The third kappa shape index (κ3) is 1.43. The second kappa shape index (κ2) is 3.54. The Hall–Kier alpha value is -0.450. The summed E-state index contributed by atoms with van der Waals surface area (Å²) < 4.78 is 5.67. The fourth-order valence-electron chi connectivity index (χ4n) is 2.32. The number of nitrogens with one attached hydrogen (secondary N) is 1. The Balaban J connectivity index is 1.95. The number of rotatable bonds is 2. The lowest BCUT2D eigenvalue weighted by molar-refractivity contribution is -0.0780. The minimum Gasteiger partial charge on any atom is -0.371 e. The van der Waals surface area contributed by atoms with Gasteiger partial charge in [0.15, 0.2) is 0 Å². The van der Waals surface area contributed by atoms with Crippen molar-refractivity contribution in [2.75, 3.05) is 13.7 Å². The van der Waals surface area contributed by atoms with Crippen molar-refractivity contribution in [2.45, 2.75) is 37.8 Å². The summed E-state index contributed by atoms with van der Waals surface area (Å²) in [5, 5.41) is 4.60. The first-order valence-electron chi connectivity index (χ1n) is 5.59. The number of aromatic nitrogens is 1. The van der Waals surface area contributed by atoms with Crippen molar-refractivity contribution in [3.05, 3.63) is 15.6 Å². The maximum absolute atomic E-state index is 5.67. The quantitative estimate of drug-likeness (QED) is 0.832. The molecule has 0 aromatic carbocycles. The van der Waals surface area contributed by atoms with E-state index in [2.05, 4.69) is 5.32 Å². The normalized spacial score (nSPS) is 23.3. The molecule has 82 valence electrons. The molecule has 1 aliphatic carbocycles. The number of methoxy groups -OCH3 is 1. The predicted molar refractivity (Wildman–Crippen MR) is 60.1 cm³/mol. The molecular formula is C11H16N2OS. The summed E-state index contributed by atoms with van der Waals surface area (Å²) in [7, 11) is 1.82. The summed E-state index contributed by atoms with van der Waals surface area (Å²) in [6, 6.07) is 0. The van der Waals surface area contributed by atoms with E-state index in [1.165, 1.54) is 22.0 Å². The van der Waals surface area contributed by atoms with Gasteiger partial charge in [-0.3, -0.25) is 0 Å². The van der Waals surface area contributed by atoms with Gasteiger partial charge in [0.2, 0.25) is 0 Å². The Morgan fingerprint density at radius 2 is 2.33 bits per heavy atom. The molecule has 2 aliphatic rings. The van der Waals surface area contributed by atoms with E-state index in [9.17, 15) is 0 Å². The van der Waals surface area contributed by atoms with Gasteiger partial charge in [0, 0.05) is 31.5 Å². The molecule has 1 aromatic heterocycles. The van der Waals surface area contributed by atoms with Crippen molar-refractivity contribution in [1.82, 2.24) is 10.3 Å². The maximum Gasteiger partial charge on any atom is 0.125 e. The third-order valence-corrected chi connectivity index (χ3v) is 4.83. The van der Waals surface area contributed by atoms with Crippen molar-refractivity contribution in [3.63, 3.8) is 0 Å². The van der Waals surface area contributed by atoms with Gasteiger partial charge in [-0.05, 0) is 19.3 Å². The van der Waals surface area contributed by atoms with E-state index in [-0.39, 0.29) is 5.60 Å². The van der Waals surface area contributed by atoms with E-state index < -0.39 is 0 Å². The zero-order valence-electron chi connectivity index (χ0n) is 9.01. The van der Waals surface area contributed by atoms with Crippen molar-refractivity contribution in [2.24, 2.45) is 0 Å². The lowest BCUT2D eigenvalue weighted by Gasteiger charge is -2.38. The summed E-state index contributed by atoms with van der Waals surface area (Å²) >= 11 is 1.84. The van der Waals surface area contributed by atoms with Crippen LogP contribution in [0.5, 0.6) is 0 Å². The molecule has 1 aliphatic heterocycles. The second-order valence-electron chi connectivity index (χ2n) is 4.37. The first-order chi connectivity index (χ1) is 7.34. The number of nitrogens with zero attached hydrogens (tertiary/aromatic N) is 1. The molecule has 0 unspecified atom stereocenters. The number of thiazole rings is 1. The van der Waals surface area contributed by atoms with Gasteiger partial charge in [-0.15, -0.1) is 11.3 Å². The van der Waals surface area contributed by atoms with Gasteiger partial charge in [0.1, 0.15) is 10.6 Å². The molecule has 0 radical (unpaired) electrons. The first kappa shape index (κ1) is 9.75. The Morgan fingerprint density at radius 3 is 2.93 bits per heavy atom. The number of fused-ring (bicyclic) bond motifs is 1. The SMILES string of the molecule is COC1(c2nc3c(s2)CNCC3)CCC1. The number of hydrogen-bond donors (Lipinski definition) is 1. The molecule has 0 spiro atoms. The van der Waals surface area contributed by atoms with Gasteiger partial charge in [-0.1, -0.05) is 0 Å². The van der Waals surface area contributed by atoms with E-state index in [4.69, 9.17) is 9.72 Å². The summed E-state index contributed by atoms with van der Waals surface area (Å²) in [6.07, 6.45) is 4.63. The lowest BCUT2D eigenvalue weighted by atomic mass is 9.80. The molecule has 1 aromatic rings. The molecule has 1 saturated carbocycles. The first-order valence-corrected chi connectivity index (χ1v) is 6.41. The lowest BCUT2D eigenvalue weighted by Crippen LogP contribution is -2.35. The molecule has 1 fully saturated rings. The smallest absolute Gasteiger partial charge is 0.125 e. The molecule has 2 heterocycles. The van der Waals surface area contributed by atoms with Gasteiger partial charge < -0.3 is 10.1 Å². The molecule has 1 N–H and O–H groups in total. The zero-order valence-corrected chi connectivity index (χ0v) is 9.82. The number of ether oxygens (including phenoxy) is 1. The zero-order chi connectivity index (χ0) is 10.3. The topological polar surface area (TPSA) is 34.1 Å². The largest absolute Gasteiger partial charge is 0.371 e. The molecule has 15 heavy (non-hydrogen) atoms. The average Bonchev–Trinajstić information content (AvgIpc) is 2.60. The van der Waals surface area contributed by atoms with Crippen LogP contribution in [0, 0.1) is 0 Å². The van der Waals surface area contributed by atoms with Gasteiger partial charge in [0.25, 0.3) is 0 Å².